The van der Waals surface area contributed by atoms with E-state index in [4.69, 9.17) is 14.4 Å². The molecule has 1 aliphatic heterocycles. The summed E-state index contributed by atoms with van der Waals surface area (Å²) < 4.78 is 6.80. The van der Waals surface area contributed by atoms with Crippen LogP contribution in [0.1, 0.15) is 22.9 Å². The highest BCUT2D eigenvalue weighted by atomic mass is 16.3. The third kappa shape index (κ3) is 4.53. The molecule has 49 heavy (non-hydrogen) atoms. The number of nitrogens with zero attached hydrogens (tertiary/aromatic N) is 2. The lowest BCUT2D eigenvalue weighted by Gasteiger charge is -2.24. The SMILES string of the molecule is c1ccc(C2=NC(c3cccc4oc5c(-c6cc7ccccc7c7ccccc67)cccc5c34)NC(c3ccc4ccccc4c3)=N2)cc1. The number of benzene rings is 8. The minimum absolute atomic E-state index is 0.385. The third-order valence-electron chi connectivity index (χ3n) is 9.71. The van der Waals surface area contributed by atoms with Crippen LogP contribution in [-0.4, -0.2) is 11.7 Å². The van der Waals surface area contributed by atoms with Crippen LogP contribution in [0.25, 0.3) is 65.4 Å². The van der Waals surface area contributed by atoms with Crippen molar-refractivity contribution in [2.75, 3.05) is 0 Å². The Morgan fingerprint density at radius 3 is 2.08 bits per heavy atom. The fourth-order valence-corrected chi connectivity index (χ4v) is 7.40. The molecule has 2 heterocycles. The van der Waals surface area contributed by atoms with Crippen molar-refractivity contribution in [2.24, 2.45) is 9.98 Å². The number of aliphatic imine (C=N–C) groups is 2. The topological polar surface area (TPSA) is 49.9 Å². The van der Waals surface area contributed by atoms with Gasteiger partial charge in [-0.2, -0.15) is 0 Å². The summed E-state index contributed by atoms with van der Waals surface area (Å²) in [6.07, 6.45) is -0.385. The molecule has 0 radical (unpaired) electrons. The van der Waals surface area contributed by atoms with Crippen LogP contribution < -0.4 is 5.32 Å². The van der Waals surface area contributed by atoms with Gasteiger partial charge in [0, 0.05) is 33.0 Å². The number of rotatable bonds is 4. The molecule has 0 fully saturated rings. The first-order valence-corrected chi connectivity index (χ1v) is 16.6. The molecule has 0 saturated heterocycles. The first-order chi connectivity index (χ1) is 24.3. The summed E-state index contributed by atoms with van der Waals surface area (Å²) in [6, 6.07) is 57.4. The van der Waals surface area contributed by atoms with Crippen molar-refractivity contribution in [1.82, 2.24) is 5.32 Å². The van der Waals surface area contributed by atoms with Gasteiger partial charge >= 0.3 is 0 Å². The maximum absolute atomic E-state index is 6.80. The van der Waals surface area contributed by atoms with E-state index in [1.807, 2.05) is 18.2 Å². The number of hydrogen-bond donors (Lipinski definition) is 1. The van der Waals surface area contributed by atoms with Gasteiger partial charge in [-0.1, -0.05) is 146 Å². The molecule has 230 valence electrons. The molecular weight excluding hydrogens is 599 g/mol. The molecule has 1 aliphatic rings. The summed E-state index contributed by atoms with van der Waals surface area (Å²) in [7, 11) is 0. The van der Waals surface area contributed by atoms with E-state index in [1.165, 1.54) is 32.3 Å². The molecule has 9 aromatic rings. The lowest BCUT2D eigenvalue weighted by atomic mass is 9.92. The second kappa shape index (κ2) is 11.0. The zero-order chi connectivity index (χ0) is 32.3. The standard InChI is InChI=1S/C45H29N3O/c1-2-13-29(14-3-1)43-46-44(32-25-24-28-12-4-5-15-30(28)26-32)48-45(47-43)38-22-11-23-40-41(38)37-21-10-20-36(42(37)49-40)39-27-31-16-6-7-17-33(31)34-18-8-9-19-35(34)39/h1-27,45H,(H,46,47,48). The van der Waals surface area contributed by atoms with Crippen LogP contribution in [0.15, 0.2) is 178 Å². The summed E-state index contributed by atoms with van der Waals surface area (Å²) in [4.78, 5) is 10.3. The molecule has 0 saturated carbocycles. The van der Waals surface area contributed by atoms with Crippen LogP contribution in [0.2, 0.25) is 0 Å². The van der Waals surface area contributed by atoms with E-state index >= 15 is 0 Å². The Labute approximate surface area is 282 Å². The van der Waals surface area contributed by atoms with Crippen molar-refractivity contribution in [3.63, 3.8) is 0 Å². The summed E-state index contributed by atoms with van der Waals surface area (Å²) in [5.74, 6) is 1.48. The molecule has 10 rings (SSSR count). The van der Waals surface area contributed by atoms with E-state index in [1.54, 1.807) is 0 Å². The van der Waals surface area contributed by atoms with Crippen molar-refractivity contribution in [1.29, 1.82) is 0 Å². The molecule has 8 aromatic carbocycles. The van der Waals surface area contributed by atoms with E-state index in [0.717, 1.165) is 55.6 Å². The molecule has 1 atom stereocenters. The minimum atomic E-state index is -0.385. The van der Waals surface area contributed by atoms with Crippen LogP contribution in [0.4, 0.5) is 0 Å². The average molecular weight is 628 g/mol. The summed E-state index contributed by atoms with van der Waals surface area (Å²) >= 11 is 0. The van der Waals surface area contributed by atoms with Gasteiger partial charge < -0.3 is 9.73 Å². The van der Waals surface area contributed by atoms with Crippen LogP contribution in [-0.2, 0) is 0 Å². The first kappa shape index (κ1) is 27.6. The molecule has 0 aliphatic carbocycles. The van der Waals surface area contributed by atoms with Crippen LogP contribution >= 0.6 is 0 Å². The molecule has 4 heteroatoms. The number of para-hydroxylation sites is 1. The van der Waals surface area contributed by atoms with Gasteiger partial charge in [-0.25, -0.2) is 9.98 Å². The molecular formula is C45H29N3O. The first-order valence-electron chi connectivity index (χ1n) is 16.6. The fourth-order valence-electron chi connectivity index (χ4n) is 7.40. The summed E-state index contributed by atoms with van der Waals surface area (Å²) in [5.41, 5.74) is 6.97. The largest absolute Gasteiger partial charge is 0.455 e. The molecule has 4 nitrogen and oxygen atoms in total. The Bertz CT molecular complexity index is 2810. The Balaban J connectivity index is 1.17. The lowest BCUT2D eigenvalue weighted by molar-refractivity contribution is 0.663. The van der Waals surface area contributed by atoms with Gasteiger partial charge in [0.15, 0.2) is 5.84 Å². The second-order valence-electron chi connectivity index (χ2n) is 12.6. The number of amidine groups is 2. The van der Waals surface area contributed by atoms with Gasteiger partial charge in [-0.05, 0) is 56.1 Å². The summed E-state index contributed by atoms with van der Waals surface area (Å²) in [5, 5.41) is 13.1. The second-order valence-corrected chi connectivity index (χ2v) is 12.6. The van der Waals surface area contributed by atoms with E-state index in [-0.39, 0.29) is 6.17 Å². The van der Waals surface area contributed by atoms with Crippen molar-refractivity contribution in [3.05, 3.63) is 180 Å². The van der Waals surface area contributed by atoms with Crippen LogP contribution in [0.3, 0.4) is 0 Å². The molecule has 1 aromatic heterocycles. The zero-order valence-electron chi connectivity index (χ0n) is 26.5. The normalized spacial score (nSPS) is 14.7. The van der Waals surface area contributed by atoms with Gasteiger partial charge in [0.2, 0.25) is 0 Å². The fraction of sp³-hybridized carbons (Fsp3) is 0.0222. The average Bonchev–Trinajstić information content (AvgIpc) is 3.57. The van der Waals surface area contributed by atoms with Gasteiger partial charge in [-0.15, -0.1) is 0 Å². The van der Waals surface area contributed by atoms with E-state index in [2.05, 4.69) is 151 Å². The molecule has 0 bridgehead atoms. The van der Waals surface area contributed by atoms with E-state index in [0.29, 0.717) is 5.84 Å². The van der Waals surface area contributed by atoms with Crippen molar-refractivity contribution in [2.45, 2.75) is 6.17 Å². The maximum Gasteiger partial charge on any atom is 0.159 e. The molecule has 1 N–H and O–H groups in total. The zero-order valence-corrected chi connectivity index (χ0v) is 26.5. The number of fused-ring (bicyclic) bond motifs is 7. The van der Waals surface area contributed by atoms with Gasteiger partial charge in [0.1, 0.15) is 23.2 Å². The summed E-state index contributed by atoms with van der Waals surface area (Å²) in [6.45, 7) is 0. The molecule has 1 unspecified atom stereocenters. The van der Waals surface area contributed by atoms with Crippen molar-refractivity contribution >= 4 is 65.9 Å². The Hall–Kier alpha value is -6.52. The molecule has 0 spiro atoms. The highest BCUT2D eigenvalue weighted by Gasteiger charge is 2.25. The Morgan fingerprint density at radius 1 is 0.490 bits per heavy atom. The van der Waals surface area contributed by atoms with Crippen molar-refractivity contribution < 1.29 is 4.42 Å². The smallest absolute Gasteiger partial charge is 0.159 e. The minimum Gasteiger partial charge on any atom is -0.455 e. The Kier molecular flexibility index (Phi) is 6.21. The number of furan rings is 1. The third-order valence-corrected chi connectivity index (χ3v) is 9.71. The van der Waals surface area contributed by atoms with Crippen molar-refractivity contribution in [3.8, 4) is 11.1 Å². The predicted octanol–water partition coefficient (Wildman–Crippen LogP) is 11.2. The van der Waals surface area contributed by atoms with Crippen LogP contribution in [0, 0.1) is 0 Å². The molecule has 0 amide bonds. The number of nitrogens with one attached hydrogen (secondary N) is 1. The van der Waals surface area contributed by atoms with Crippen LogP contribution in [0.5, 0.6) is 0 Å². The van der Waals surface area contributed by atoms with E-state index in [9.17, 15) is 0 Å². The quantitative estimate of drug-likeness (QED) is 0.197. The lowest BCUT2D eigenvalue weighted by Crippen LogP contribution is -2.33. The monoisotopic (exact) mass is 627 g/mol. The maximum atomic E-state index is 6.80. The van der Waals surface area contributed by atoms with Gasteiger partial charge in [0.25, 0.3) is 0 Å². The van der Waals surface area contributed by atoms with E-state index < -0.39 is 0 Å². The predicted molar refractivity (Wildman–Crippen MR) is 204 cm³/mol. The highest BCUT2D eigenvalue weighted by molar-refractivity contribution is 6.19. The van der Waals surface area contributed by atoms with Gasteiger partial charge in [0.05, 0.1) is 0 Å². The highest BCUT2D eigenvalue weighted by Crippen LogP contribution is 2.42. The number of hydrogen-bond acceptors (Lipinski definition) is 4. The Morgan fingerprint density at radius 2 is 1.20 bits per heavy atom. The van der Waals surface area contributed by atoms with Gasteiger partial charge in [-0.3, -0.25) is 0 Å².